The number of likely N-dealkylation sites (N-methyl/N-ethyl adjacent to an activating group) is 1. The lowest BCUT2D eigenvalue weighted by Gasteiger charge is -2.39. The van der Waals surface area contributed by atoms with Crippen LogP contribution in [0.15, 0.2) is 12.4 Å². The van der Waals surface area contributed by atoms with E-state index in [-0.39, 0.29) is 0 Å². The van der Waals surface area contributed by atoms with Gasteiger partial charge in [0, 0.05) is 37.6 Å². The van der Waals surface area contributed by atoms with Gasteiger partial charge in [-0.1, -0.05) is 52.4 Å². The minimum Gasteiger partial charge on any atom is -0.332 e. The zero-order chi connectivity index (χ0) is 18.4. The van der Waals surface area contributed by atoms with Gasteiger partial charge in [0.1, 0.15) is 0 Å². The molecule has 0 aliphatic carbocycles. The standard InChI is InChI=1S/C22H38N4/c1-4-18(2)10-8-6-5-7-9-11-19-14-23-22(24-15-19)26-20-12-13-21(26)17-25(3)16-20/h14-15,18,20-21H,4-13,16-17H2,1-3H3. The van der Waals surface area contributed by atoms with Gasteiger partial charge in [0.2, 0.25) is 5.95 Å². The normalized spacial score (nSPS) is 24.2. The van der Waals surface area contributed by atoms with Crippen molar-refractivity contribution >= 4 is 5.95 Å². The van der Waals surface area contributed by atoms with E-state index in [1.807, 2.05) is 0 Å². The van der Waals surface area contributed by atoms with Crippen molar-refractivity contribution in [3.05, 3.63) is 18.0 Å². The van der Waals surface area contributed by atoms with Gasteiger partial charge >= 0.3 is 0 Å². The first-order valence-corrected chi connectivity index (χ1v) is 10.9. The number of hydrogen-bond donors (Lipinski definition) is 0. The Morgan fingerprint density at radius 3 is 2.27 bits per heavy atom. The molecule has 3 heterocycles. The molecule has 1 aromatic rings. The highest BCUT2D eigenvalue weighted by Gasteiger charge is 2.39. The highest BCUT2D eigenvalue weighted by atomic mass is 15.4. The Kier molecular flexibility index (Phi) is 7.30. The number of unbranched alkanes of at least 4 members (excludes halogenated alkanes) is 4. The quantitative estimate of drug-likeness (QED) is 0.568. The fourth-order valence-electron chi connectivity index (χ4n) is 4.61. The number of aromatic nitrogens is 2. The van der Waals surface area contributed by atoms with Crippen molar-refractivity contribution in [1.82, 2.24) is 14.9 Å². The maximum atomic E-state index is 4.72. The minimum atomic E-state index is 0.611. The molecule has 2 aliphatic heterocycles. The summed E-state index contributed by atoms with van der Waals surface area (Å²) in [6.45, 7) is 6.97. The van der Waals surface area contributed by atoms with Crippen LogP contribution < -0.4 is 4.90 Å². The molecule has 3 unspecified atom stereocenters. The molecule has 2 saturated heterocycles. The Bertz CT molecular complexity index is 515. The molecule has 4 heteroatoms. The lowest BCUT2D eigenvalue weighted by Crippen LogP contribution is -2.53. The molecule has 146 valence electrons. The number of anilines is 1. The summed E-state index contributed by atoms with van der Waals surface area (Å²) in [7, 11) is 2.23. The lowest BCUT2D eigenvalue weighted by molar-refractivity contribution is 0.262. The van der Waals surface area contributed by atoms with Gasteiger partial charge in [-0.15, -0.1) is 0 Å². The van der Waals surface area contributed by atoms with Crippen LogP contribution in [0.3, 0.4) is 0 Å². The number of likely N-dealkylation sites (tertiary alicyclic amines) is 1. The van der Waals surface area contributed by atoms with Crippen molar-refractivity contribution < 1.29 is 0 Å². The molecular formula is C22H38N4. The topological polar surface area (TPSA) is 32.3 Å². The monoisotopic (exact) mass is 358 g/mol. The first-order valence-electron chi connectivity index (χ1n) is 10.9. The number of nitrogens with zero attached hydrogens (tertiary/aromatic N) is 4. The minimum absolute atomic E-state index is 0.611. The molecule has 0 aromatic carbocycles. The average molecular weight is 359 g/mol. The van der Waals surface area contributed by atoms with E-state index in [0.29, 0.717) is 12.1 Å². The van der Waals surface area contributed by atoms with E-state index in [1.54, 1.807) is 0 Å². The van der Waals surface area contributed by atoms with Gasteiger partial charge in [0.05, 0.1) is 0 Å². The van der Waals surface area contributed by atoms with E-state index in [2.05, 4.69) is 43.1 Å². The van der Waals surface area contributed by atoms with E-state index in [4.69, 9.17) is 9.97 Å². The SMILES string of the molecule is CCC(C)CCCCCCCc1cnc(N2C3CCC2CN(C)C3)nc1. The number of hydrogen-bond acceptors (Lipinski definition) is 4. The summed E-state index contributed by atoms with van der Waals surface area (Å²) in [4.78, 5) is 14.4. The smallest absolute Gasteiger partial charge is 0.225 e. The third-order valence-electron chi connectivity index (χ3n) is 6.45. The first-order chi connectivity index (χ1) is 12.7. The fourth-order valence-corrected chi connectivity index (χ4v) is 4.61. The van der Waals surface area contributed by atoms with Crippen LogP contribution in [0.1, 0.15) is 77.2 Å². The molecular weight excluding hydrogens is 320 g/mol. The average Bonchev–Trinajstić information content (AvgIpc) is 2.92. The Morgan fingerprint density at radius 1 is 1.00 bits per heavy atom. The molecule has 1 aromatic heterocycles. The third kappa shape index (κ3) is 5.18. The molecule has 2 bridgehead atoms. The molecule has 0 N–H and O–H groups in total. The molecule has 26 heavy (non-hydrogen) atoms. The summed E-state index contributed by atoms with van der Waals surface area (Å²) in [5.41, 5.74) is 1.30. The molecule has 2 aliphatic rings. The summed E-state index contributed by atoms with van der Waals surface area (Å²) in [5.74, 6) is 1.86. The van der Waals surface area contributed by atoms with Crippen LogP contribution in [0, 0.1) is 5.92 Å². The van der Waals surface area contributed by atoms with E-state index in [0.717, 1.165) is 31.4 Å². The summed E-state index contributed by atoms with van der Waals surface area (Å²) in [6.07, 6.45) is 17.4. The maximum absolute atomic E-state index is 4.72. The zero-order valence-electron chi connectivity index (χ0n) is 17.2. The van der Waals surface area contributed by atoms with Crippen LogP contribution in [-0.2, 0) is 6.42 Å². The Morgan fingerprint density at radius 2 is 1.62 bits per heavy atom. The van der Waals surface area contributed by atoms with Crippen LogP contribution in [0.2, 0.25) is 0 Å². The highest BCUT2D eigenvalue weighted by Crippen LogP contribution is 2.32. The van der Waals surface area contributed by atoms with Crippen molar-refractivity contribution in [3.63, 3.8) is 0 Å². The molecule has 3 rings (SSSR count). The molecule has 0 saturated carbocycles. The maximum Gasteiger partial charge on any atom is 0.225 e. The second-order valence-corrected chi connectivity index (χ2v) is 8.72. The second-order valence-electron chi connectivity index (χ2n) is 8.72. The summed E-state index contributed by atoms with van der Waals surface area (Å²) in [5, 5.41) is 0. The largest absolute Gasteiger partial charge is 0.332 e. The Balaban J connectivity index is 1.36. The van der Waals surface area contributed by atoms with Crippen LogP contribution in [-0.4, -0.2) is 47.1 Å². The molecule has 0 amide bonds. The fraction of sp³-hybridized carbons (Fsp3) is 0.818. The van der Waals surface area contributed by atoms with Gasteiger partial charge in [-0.25, -0.2) is 9.97 Å². The van der Waals surface area contributed by atoms with Crippen LogP contribution in [0.4, 0.5) is 5.95 Å². The summed E-state index contributed by atoms with van der Waals surface area (Å²) < 4.78 is 0. The molecule has 0 spiro atoms. The van der Waals surface area contributed by atoms with Crippen molar-refractivity contribution in [1.29, 1.82) is 0 Å². The van der Waals surface area contributed by atoms with Gasteiger partial charge in [-0.3, -0.25) is 0 Å². The van der Waals surface area contributed by atoms with Crippen LogP contribution in [0.5, 0.6) is 0 Å². The van der Waals surface area contributed by atoms with Gasteiger partial charge in [-0.05, 0) is 44.2 Å². The number of fused-ring (bicyclic) bond motifs is 2. The number of aryl methyl sites for hydroxylation is 1. The number of piperazine rings is 1. The van der Waals surface area contributed by atoms with Gasteiger partial charge in [-0.2, -0.15) is 0 Å². The molecule has 2 fully saturated rings. The summed E-state index contributed by atoms with van der Waals surface area (Å²) >= 11 is 0. The van der Waals surface area contributed by atoms with Gasteiger partial charge in [0.25, 0.3) is 0 Å². The number of rotatable bonds is 10. The van der Waals surface area contributed by atoms with E-state index < -0.39 is 0 Å². The zero-order valence-corrected chi connectivity index (χ0v) is 17.2. The van der Waals surface area contributed by atoms with E-state index in [9.17, 15) is 0 Å². The van der Waals surface area contributed by atoms with Gasteiger partial charge < -0.3 is 9.80 Å². The Labute approximate surface area is 160 Å². The highest BCUT2D eigenvalue weighted by molar-refractivity contribution is 5.37. The van der Waals surface area contributed by atoms with E-state index in [1.165, 1.54) is 63.4 Å². The molecule has 4 nitrogen and oxygen atoms in total. The second kappa shape index (κ2) is 9.68. The van der Waals surface area contributed by atoms with Crippen LogP contribution in [0.25, 0.3) is 0 Å². The predicted molar refractivity (Wildman–Crippen MR) is 110 cm³/mol. The third-order valence-corrected chi connectivity index (χ3v) is 6.45. The predicted octanol–water partition coefficient (Wildman–Crippen LogP) is 4.69. The van der Waals surface area contributed by atoms with Gasteiger partial charge in [0.15, 0.2) is 0 Å². The lowest BCUT2D eigenvalue weighted by atomic mass is 9.99. The first kappa shape index (κ1) is 19.6. The molecule has 3 atom stereocenters. The van der Waals surface area contributed by atoms with Crippen molar-refractivity contribution in [2.24, 2.45) is 5.92 Å². The summed E-state index contributed by atoms with van der Waals surface area (Å²) in [6, 6.07) is 1.22. The Hall–Kier alpha value is -1.16. The van der Waals surface area contributed by atoms with E-state index >= 15 is 0 Å². The van der Waals surface area contributed by atoms with Crippen LogP contribution >= 0.6 is 0 Å². The van der Waals surface area contributed by atoms with Crippen molar-refractivity contribution in [3.8, 4) is 0 Å². The molecule has 0 radical (unpaired) electrons. The van der Waals surface area contributed by atoms with Crippen molar-refractivity contribution in [2.45, 2.75) is 90.1 Å². The van der Waals surface area contributed by atoms with Crippen molar-refractivity contribution in [2.75, 3.05) is 25.0 Å².